The molecule has 0 fully saturated rings. The molecule has 2 rings (SSSR count). The number of rotatable bonds is 4. The van der Waals surface area contributed by atoms with Gasteiger partial charge < -0.3 is 5.73 Å². The molecule has 0 aliphatic heterocycles. The summed E-state index contributed by atoms with van der Waals surface area (Å²) in [6.45, 7) is 0. The second kappa shape index (κ2) is 5.60. The van der Waals surface area contributed by atoms with Crippen molar-refractivity contribution in [2.24, 2.45) is 5.73 Å². The van der Waals surface area contributed by atoms with Crippen molar-refractivity contribution in [2.45, 2.75) is 12.8 Å². The summed E-state index contributed by atoms with van der Waals surface area (Å²) in [7, 11) is 0. The molecule has 1 nitrogen and oxygen atoms in total. The zero-order valence-electron chi connectivity index (χ0n) is 9.60. The van der Waals surface area contributed by atoms with Gasteiger partial charge in [-0.2, -0.15) is 0 Å². The smallest absolute Gasteiger partial charge is 0.0771 e. The van der Waals surface area contributed by atoms with Crippen LogP contribution in [0.3, 0.4) is 0 Å². The number of hydrogen-bond acceptors (Lipinski definition) is 1. The minimum absolute atomic E-state index is 0.547. The Hall–Kier alpha value is -1.67. The van der Waals surface area contributed by atoms with Crippen LogP contribution in [0.2, 0.25) is 0 Å². The Balaban J connectivity index is 2.23. The fourth-order valence-electron chi connectivity index (χ4n) is 1.91. The van der Waals surface area contributed by atoms with E-state index in [2.05, 4.69) is 42.5 Å². The average Bonchev–Trinajstić information content (AvgIpc) is 2.32. The van der Waals surface area contributed by atoms with Gasteiger partial charge in [0.15, 0.2) is 0 Å². The fourth-order valence-corrected chi connectivity index (χ4v) is 2.06. The van der Waals surface area contributed by atoms with E-state index in [9.17, 15) is 0 Å². The predicted molar refractivity (Wildman–Crippen MR) is 76.2 cm³/mol. The van der Waals surface area contributed by atoms with Crippen LogP contribution in [0.1, 0.15) is 16.7 Å². The first-order valence-electron chi connectivity index (χ1n) is 5.65. The maximum absolute atomic E-state index is 5.62. The van der Waals surface area contributed by atoms with Gasteiger partial charge in [0.25, 0.3) is 0 Å². The van der Waals surface area contributed by atoms with Crippen LogP contribution in [-0.2, 0) is 12.8 Å². The number of hydrogen-bond donors (Lipinski definition) is 1. The summed E-state index contributed by atoms with van der Waals surface area (Å²) in [6, 6.07) is 18.7. The first kappa shape index (κ1) is 11.8. The molecule has 0 amide bonds. The summed E-state index contributed by atoms with van der Waals surface area (Å²) >= 11 is 4.98. The topological polar surface area (TPSA) is 26.0 Å². The monoisotopic (exact) mass is 241 g/mol. The van der Waals surface area contributed by atoms with Gasteiger partial charge in [-0.15, -0.1) is 0 Å². The van der Waals surface area contributed by atoms with E-state index in [1.54, 1.807) is 0 Å². The molecule has 0 spiro atoms. The van der Waals surface area contributed by atoms with Gasteiger partial charge in [-0.05, 0) is 23.1 Å². The van der Waals surface area contributed by atoms with Crippen molar-refractivity contribution in [1.82, 2.24) is 0 Å². The lowest BCUT2D eigenvalue weighted by Gasteiger charge is -2.08. The molecule has 0 aromatic heterocycles. The molecular formula is C15H15NS. The van der Waals surface area contributed by atoms with Crippen molar-refractivity contribution < 1.29 is 0 Å². The van der Waals surface area contributed by atoms with Gasteiger partial charge in [-0.1, -0.05) is 66.8 Å². The molecule has 2 N–H and O–H groups in total. The standard InChI is InChI=1S/C15H15NS/c16-15(17)11-14-9-5-4-8-13(14)10-12-6-2-1-3-7-12/h1-9H,10-11H2,(H2,16,17). The molecule has 0 atom stereocenters. The van der Waals surface area contributed by atoms with Crippen LogP contribution in [0.15, 0.2) is 54.6 Å². The molecule has 86 valence electrons. The Kier molecular flexibility index (Phi) is 3.89. The zero-order chi connectivity index (χ0) is 12.1. The van der Waals surface area contributed by atoms with E-state index in [-0.39, 0.29) is 0 Å². The summed E-state index contributed by atoms with van der Waals surface area (Å²) in [5.41, 5.74) is 9.45. The van der Waals surface area contributed by atoms with E-state index in [4.69, 9.17) is 18.0 Å². The minimum Gasteiger partial charge on any atom is -0.393 e. The van der Waals surface area contributed by atoms with Crippen LogP contribution in [0, 0.1) is 0 Å². The Labute approximate surface area is 107 Å². The van der Waals surface area contributed by atoms with Gasteiger partial charge in [0.1, 0.15) is 0 Å². The zero-order valence-corrected chi connectivity index (χ0v) is 10.4. The average molecular weight is 241 g/mol. The molecule has 2 heteroatoms. The van der Waals surface area contributed by atoms with E-state index < -0.39 is 0 Å². The Morgan fingerprint density at radius 3 is 2.12 bits per heavy atom. The maximum Gasteiger partial charge on any atom is 0.0771 e. The number of benzene rings is 2. The second-order valence-electron chi connectivity index (χ2n) is 4.07. The quantitative estimate of drug-likeness (QED) is 0.832. The fraction of sp³-hybridized carbons (Fsp3) is 0.133. The molecule has 17 heavy (non-hydrogen) atoms. The molecule has 0 saturated heterocycles. The Morgan fingerprint density at radius 1 is 0.882 bits per heavy atom. The Morgan fingerprint density at radius 2 is 1.47 bits per heavy atom. The van der Waals surface area contributed by atoms with Crippen molar-refractivity contribution in [3.05, 3.63) is 71.3 Å². The van der Waals surface area contributed by atoms with Crippen molar-refractivity contribution in [3.8, 4) is 0 Å². The molecule has 0 aliphatic carbocycles. The second-order valence-corrected chi connectivity index (χ2v) is 4.60. The summed E-state index contributed by atoms with van der Waals surface area (Å²) in [6.07, 6.45) is 1.61. The highest BCUT2D eigenvalue weighted by Gasteiger charge is 2.03. The number of nitrogens with two attached hydrogens (primary N) is 1. The minimum atomic E-state index is 0.547. The van der Waals surface area contributed by atoms with Crippen molar-refractivity contribution in [3.63, 3.8) is 0 Å². The molecule has 2 aromatic carbocycles. The SMILES string of the molecule is NC(=S)Cc1ccccc1Cc1ccccc1. The molecule has 0 unspecified atom stereocenters. The van der Waals surface area contributed by atoms with E-state index in [0.717, 1.165) is 6.42 Å². The highest BCUT2D eigenvalue weighted by atomic mass is 32.1. The molecule has 0 heterocycles. The predicted octanol–water partition coefficient (Wildman–Crippen LogP) is 3.11. The normalized spacial score (nSPS) is 10.1. The molecule has 0 saturated carbocycles. The van der Waals surface area contributed by atoms with Crippen molar-refractivity contribution in [1.29, 1.82) is 0 Å². The third-order valence-electron chi connectivity index (χ3n) is 2.72. The van der Waals surface area contributed by atoms with Crippen LogP contribution < -0.4 is 5.73 Å². The lowest BCUT2D eigenvalue weighted by atomic mass is 9.98. The van der Waals surface area contributed by atoms with Crippen molar-refractivity contribution >= 4 is 17.2 Å². The molecule has 0 radical (unpaired) electrons. The first-order valence-corrected chi connectivity index (χ1v) is 6.05. The lowest BCUT2D eigenvalue weighted by molar-refractivity contribution is 1.13. The Bertz CT molecular complexity index is 505. The van der Waals surface area contributed by atoms with Crippen molar-refractivity contribution in [2.75, 3.05) is 0 Å². The first-order chi connectivity index (χ1) is 8.25. The maximum atomic E-state index is 5.62. The van der Waals surface area contributed by atoms with Gasteiger partial charge in [-0.25, -0.2) is 0 Å². The van der Waals surface area contributed by atoms with Gasteiger partial charge in [0.2, 0.25) is 0 Å². The summed E-state index contributed by atoms with van der Waals surface area (Å²) in [4.78, 5) is 0.547. The molecular weight excluding hydrogens is 226 g/mol. The van der Waals surface area contributed by atoms with Gasteiger partial charge >= 0.3 is 0 Å². The van der Waals surface area contributed by atoms with E-state index >= 15 is 0 Å². The number of thiocarbonyl (C=S) groups is 1. The lowest BCUT2D eigenvalue weighted by Crippen LogP contribution is -2.12. The van der Waals surface area contributed by atoms with E-state index in [1.807, 2.05) is 12.1 Å². The van der Waals surface area contributed by atoms with E-state index in [1.165, 1.54) is 16.7 Å². The van der Waals surface area contributed by atoms with Crippen LogP contribution in [0.4, 0.5) is 0 Å². The van der Waals surface area contributed by atoms with Gasteiger partial charge in [-0.3, -0.25) is 0 Å². The van der Waals surface area contributed by atoms with Crippen LogP contribution >= 0.6 is 12.2 Å². The molecule has 0 bridgehead atoms. The third-order valence-corrected chi connectivity index (χ3v) is 2.86. The van der Waals surface area contributed by atoms with Crippen LogP contribution in [0.5, 0.6) is 0 Å². The largest absolute Gasteiger partial charge is 0.393 e. The van der Waals surface area contributed by atoms with Gasteiger partial charge in [0.05, 0.1) is 4.99 Å². The summed E-state index contributed by atoms with van der Waals surface area (Å²) < 4.78 is 0. The third kappa shape index (κ3) is 3.40. The van der Waals surface area contributed by atoms with E-state index in [0.29, 0.717) is 11.4 Å². The molecule has 0 aliphatic rings. The van der Waals surface area contributed by atoms with Crippen LogP contribution in [-0.4, -0.2) is 4.99 Å². The molecule has 2 aromatic rings. The summed E-state index contributed by atoms with van der Waals surface area (Å²) in [5.74, 6) is 0. The van der Waals surface area contributed by atoms with Crippen LogP contribution in [0.25, 0.3) is 0 Å². The highest BCUT2D eigenvalue weighted by molar-refractivity contribution is 7.80. The summed E-state index contributed by atoms with van der Waals surface area (Å²) in [5, 5.41) is 0. The van der Waals surface area contributed by atoms with Gasteiger partial charge in [0, 0.05) is 6.42 Å². The highest BCUT2D eigenvalue weighted by Crippen LogP contribution is 2.14.